The van der Waals surface area contributed by atoms with Crippen molar-refractivity contribution in [2.75, 3.05) is 10.2 Å². The molecular weight excluding hydrogens is 1000 g/mol. The number of hydrogen-bond donors (Lipinski definition) is 1. The molecule has 81 heavy (non-hydrogen) atoms. The number of thiophene rings is 1. The monoisotopic (exact) mass is 1070 g/mol. The van der Waals surface area contributed by atoms with Crippen LogP contribution in [0.5, 0.6) is 0 Å². The van der Waals surface area contributed by atoms with Gasteiger partial charge in [0.15, 0.2) is 0 Å². The van der Waals surface area contributed by atoms with Gasteiger partial charge in [-0.2, -0.15) is 0 Å². The second-order valence-electron chi connectivity index (χ2n) is 28.0. The largest absolute Gasteiger partial charge is 0.469 e. The van der Waals surface area contributed by atoms with Crippen LogP contribution >= 0.6 is 11.3 Å². The summed E-state index contributed by atoms with van der Waals surface area (Å²) in [5.41, 5.74) is 25.0. The number of furan rings is 1. The minimum Gasteiger partial charge on any atom is -0.469 e. The van der Waals surface area contributed by atoms with Crippen molar-refractivity contribution in [2.45, 2.75) is 124 Å². The molecule has 0 radical (unpaired) electrons. The van der Waals surface area contributed by atoms with Crippen LogP contribution < -0.4 is 21.3 Å². The van der Waals surface area contributed by atoms with Crippen LogP contribution in [0, 0.1) is 0 Å². The first-order chi connectivity index (χ1) is 38.4. The fraction of sp³-hybridized carbons (Fsp3) is 0.253. The molecule has 12 aromatic rings. The Balaban J connectivity index is 1.01. The van der Waals surface area contributed by atoms with E-state index in [-0.39, 0.29) is 27.1 Å². The van der Waals surface area contributed by atoms with E-state index in [4.69, 9.17) is 4.42 Å². The fourth-order valence-electron chi connectivity index (χ4n) is 13.3. The van der Waals surface area contributed by atoms with E-state index in [9.17, 15) is 0 Å². The maximum absolute atomic E-state index is 7.12. The molecule has 0 saturated carbocycles. The predicted molar refractivity (Wildman–Crippen MR) is 352 cm³/mol. The zero-order chi connectivity index (χ0) is 56.4. The van der Waals surface area contributed by atoms with Gasteiger partial charge >= 0.3 is 0 Å². The van der Waals surface area contributed by atoms with E-state index >= 15 is 0 Å². The molecule has 4 heterocycles. The van der Waals surface area contributed by atoms with Gasteiger partial charge in [0.25, 0.3) is 0 Å². The Morgan fingerprint density at radius 1 is 0.469 bits per heavy atom. The smallest absolute Gasteiger partial charge is 0.244 e. The van der Waals surface area contributed by atoms with E-state index in [0.29, 0.717) is 7.28 Å². The van der Waals surface area contributed by atoms with Crippen molar-refractivity contribution >= 4 is 111 Å². The number of benzene rings is 9. The highest BCUT2D eigenvalue weighted by atomic mass is 32.1. The van der Waals surface area contributed by atoms with Gasteiger partial charge in [0, 0.05) is 81.3 Å². The van der Waals surface area contributed by atoms with Crippen LogP contribution in [-0.4, -0.2) is 11.8 Å². The summed E-state index contributed by atoms with van der Waals surface area (Å²) in [6.07, 6.45) is 0. The molecule has 6 heteroatoms. The molecule has 0 fully saturated rings. The van der Waals surface area contributed by atoms with Crippen LogP contribution in [0.1, 0.15) is 130 Å². The van der Waals surface area contributed by atoms with Gasteiger partial charge in [-0.25, -0.2) is 0 Å². The zero-order valence-electron chi connectivity index (χ0n) is 49.6. The normalized spacial score (nSPS) is 14.0. The Labute approximate surface area is 482 Å². The lowest BCUT2D eigenvalue weighted by Crippen LogP contribution is -2.36. The van der Waals surface area contributed by atoms with E-state index in [1.165, 1.54) is 114 Å². The number of hydrogen-bond acceptors (Lipinski definition) is 4. The maximum Gasteiger partial charge on any atom is 0.244 e. The van der Waals surface area contributed by atoms with Crippen molar-refractivity contribution in [2.24, 2.45) is 0 Å². The molecule has 4 nitrogen and oxygen atoms in total. The van der Waals surface area contributed by atoms with Crippen molar-refractivity contribution in [3.63, 3.8) is 0 Å². The second-order valence-corrected chi connectivity index (χ2v) is 29.1. The number of aromatic nitrogens is 1. The van der Waals surface area contributed by atoms with Gasteiger partial charge < -0.3 is 19.2 Å². The molecule has 0 spiro atoms. The number of rotatable bonds is 6. The summed E-state index contributed by atoms with van der Waals surface area (Å²) in [6.45, 7) is 32.3. The third-order valence-electron chi connectivity index (χ3n) is 18.1. The molecule has 2 aliphatic rings. The number of fused-ring (bicyclic) bond motifs is 13. The lowest BCUT2D eigenvalue weighted by atomic mass is 9.62. The molecule has 0 saturated heterocycles. The summed E-state index contributed by atoms with van der Waals surface area (Å²) >= 11 is 1.89. The minimum atomic E-state index is -0.279. The van der Waals surface area contributed by atoms with Crippen LogP contribution in [0.4, 0.5) is 28.4 Å². The van der Waals surface area contributed by atoms with Crippen molar-refractivity contribution in [3.8, 4) is 27.9 Å². The van der Waals surface area contributed by atoms with Crippen LogP contribution in [0.2, 0.25) is 0 Å². The zero-order valence-corrected chi connectivity index (χ0v) is 50.4. The Kier molecular flexibility index (Phi) is 11.2. The van der Waals surface area contributed by atoms with Gasteiger partial charge in [0.2, 0.25) is 7.28 Å². The molecule has 1 aliphatic carbocycles. The number of nitrogens with one attached hydrogen (secondary N) is 1. The van der Waals surface area contributed by atoms with Crippen LogP contribution in [0.3, 0.4) is 0 Å². The molecule has 0 bridgehead atoms. The molecular formula is C75H72BN3OS. The van der Waals surface area contributed by atoms with E-state index in [1.54, 1.807) is 0 Å². The van der Waals surface area contributed by atoms with Crippen LogP contribution in [0.25, 0.3) is 80.9 Å². The molecule has 9 aromatic carbocycles. The summed E-state index contributed by atoms with van der Waals surface area (Å²) in [6, 6.07) is 65.2. The highest BCUT2D eigenvalue weighted by Gasteiger charge is 2.39. The first-order valence-electron chi connectivity index (χ1n) is 29.1. The van der Waals surface area contributed by atoms with E-state index in [2.05, 4.69) is 282 Å². The third-order valence-corrected chi connectivity index (χ3v) is 19.2. The van der Waals surface area contributed by atoms with Gasteiger partial charge in [-0.05, 0) is 168 Å². The van der Waals surface area contributed by atoms with Crippen molar-refractivity contribution in [1.82, 2.24) is 4.57 Å². The summed E-state index contributed by atoms with van der Waals surface area (Å²) in [5.74, 6) is 0. The average molecular weight is 1070 g/mol. The Morgan fingerprint density at radius 3 is 1.70 bits per heavy atom. The Hall–Kier alpha value is -7.80. The van der Waals surface area contributed by atoms with E-state index < -0.39 is 0 Å². The molecule has 1 aliphatic heterocycles. The van der Waals surface area contributed by atoms with E-state index in [1.807, 2.05) is 11.3 Å². The third kappa shape index (κ3) is 8.21. The summed E-state index contributed by atoms with van der Waals surface area (Å²) in [7, 11) is 0.662. The van der Waals surface area contributed by atoms with Gasteiger partial charge in [-0.1, -0.05) is 176 Å². The Morgan fingerprint density at radius 2 is 1.06 bits per heavy atom. The van der Waals surface area contributed by atoms with Crippen LogP contribution in [-0.2, 0) is 27.1 Å². The van der Waals surface area contributed by atoms with Gasteiger partial charge in [-0.3, -0.25) is 0 Å². The molecule has 402 valence electrons. The summed E-state index contributed by atoms with van der Waals surface area (Å²) in [4.78, 5) is 2.45. The number of nitrogens with zero attached hydrogens (tertiary/aromatic N) is 2. The summed E-state index contributed by atoms with van der Waals surface area (Å²) < 4.78 is 12.3. The highest BCUT2D eigenvalue weighted by molar-refractivity contribution is 7.25. The van der Waals surface area contributed by atoms with E-state index in [0.717, 1.165) is 39.7 Å². The van der Waals surface area contributed by atoms with Gasteiger partial charge in [-0.15, -0.1) is 11.3 Å². The lowest BCUT2D eigenvalue weighted by molar-refractivity contribution is 0.590. The molecule has 0 atom stereocenters. The maximum atomic E-state index is 7.12. The molecule has 3 aromatic heterocycles. The molecule has 0 unspecified atom stereocenters. The first-order valence-corrected chi connectivity index (χ1v) is 29.9. The Bertz CT molecular complexity index is 4500. The fourth-order valence-corrected chi connectivity index (χ4v) is 14.4. The molecule has 0 amide bonds. The SMILES string of the molecule is CC(C)(C)c1ccc(Nc2cc3c(cc2-c2ccc4c5cc6c(cc5n5c4c2Bc2oc4ccc(C(C)(C)C)cc4c2-5)sc2ccccc26)-c2cc(N(c4ccc(C(C)(C)C)cc4)c4ccc(C(C)(C)C)cc4)ccc2C3(C)C)cc1. The van der Waals surface area contributed by atoms with Crippen LogP contribution in [0.15, 0.2) is 174 Å². The quantitative estimate of drug-likeness (QED) is 0.169. The van der Waals surface area contributed by atoms with Crippen molar-refractivity contribution in [3.05, 3.63) is 203 Å². The highest BCUT2D eigenvalue weighted by Crippen LogP contribution is 2.54. The topological polar surface area (TPSA) is 33.3 Å². The average Bonchev–Trinajstić information content (AvgIpc) is 4.15. The lowest BCUT2D eigenvalue weighted by Gasteiger charge is -2.29. The van der Waals surface area contributed by atoms with Gasteiger partial charge in [0.1, 0.15) is 5.58 Å². The standard InChI is InChI=1S/C75H72BN3OS/c1-71(2,3)43-19-26-47(27-20-43)77-62-41-61-55(54-38-50(32-35-60(54)75(61,13)14)78(48-28-21-44(22-29-48)72(4,5)6)49-30-23-45(24-31-49)73(7,8)9)39-56(62)52-33-34-53-57-40-58-51-17-15-16-18-65(51)81-66(58)42-63(57)79-68(53)67(52)76-70-69(79)59-37-46(74(10,11)12)25-36-64(59)80-70/h15-42,76-77H,1-14H3. The second kappa shape index (κ2) is 17.6. The summed E-state index contributed by atoms with van der Waals surface area (Å²) in [5, 5.41) is 10.4. The first kappa shape index (κ1) is 51.4. The number of anilines is 5. The van der Waals surface area contributed by atoms with Crippen molar-refractivity contribution in [1.29, 1.82) is 0 Å². The predicted octanol–water partition coefficient (Wildman–Crippen LogP) is 20.0. The molecule has 1 N–H and O–H groups in total. The van der Waals surface area contributed by atoms with Gasteiger partial charge in [0.05, 0.1) is 16.9 Å². The van der Waals surface area contributed by atoms with Crippen molar-refractivity contribution < 1.29 is 4.42 Å². The minimum absolute atomic E-state index is 0.0267. The molecule has 14 rings (SSSR count).